The van der Waals surface area contributed by atoms with Crippen molar-refractivity contribution in [1.29, 1.82) is 0 Å². The SMILES string of the molecule is CCCCCCCC/C=C\CCCCCCC(C(=O)O)c1c[n+](-c2ccc(C(F)(F)F)nc2)[nH]c(=O)c1C(=O)NC(C)(C)C. The van der Waals surface area contributed by atoms with Gasteiger partial charge in [-0.25, -0.2) is 4.98 Å². The predicted octanol–water partition coefficient (Wildman–Crippen LogP) is 7.41. The zero-order chi connectivity index (χ0) is 32.8. The van der Waals surface area contributed by atoms with E-state index >= 15 is 0 Å². The highest BCUT2D eigenvalue weighted by molar-refractivity contribution is 5.97. The number of carboxylic acids is 1. The lowest BCUT2D eigenvalue weighted by Gasteiger charge is -2.21. The Morgan fingerprint density at radius 2 is 1.57 bits per heavy atom. The molecule has 0 aliphatic heterocycles. The minimum atomic E-state index is -4.64. The maximum absolute atomic E-state index is 13.2. The molecule has 0 aliphatic rings. The Morgan fingerprint density at radius 3 is 2.09 bits per heavy atom. The lowest BCUT2D eigenvalue weighted by Crippen LogP contribution is -2.48. The lowest BCUT2D eigenvalue weighted by atomic mass is 9.90. The van der Waals surface area contributed by atoms with Gasteiger partial charge in [0.25, 0.3) is 11.6 Å². The zero-order valence-electron chi connectivity index (χ0n) is 26.4. The van der Waals surface area contributed by atoms with Crippen LogP contribution in [0.5, 0.6) is 0 Å². The molecule has 0 radical (unpaired) electrons. The van der Waals surface area contributed by atoms with Crippen LogP contribution in [0.15, 0.2) is 41.5 Å². The Bertz CT molecular complexity index is 1280. The Balaban J connectivity index is 2.13. The fraction of sp³-hybridized carbons (Fsp3) is 0.606. The quantitative estimate of drug-likeness (QED) is 0.0911. The third-order valence-electron chi connectivity index (χ3n) is 7.22. The number of aliphatic carboxylic acids is 1. The maximum Gasteiger partial charge on any atom is 0.433 e. The van der Waals surface area contributed by atoms with E-state index in [0.29, 0.717) is 6.42 Å². The number of amides is 1. The van der Waals surface area contributed by atoms with Gasteiger partial charge < -0.3 is 10.4 Å². The molecule has 0 saturated carbocycles. The second kappa shape index (κ2) is 17.7. The molecule has 1 atom stereocenters. The first-order valence-corrected chi connectivity index (χ1v) is 15.7. The van der Waals surface area contributed by atoms with E-state index in [-0.39, 0.29) is 23.2 Å². The van der Waals surface area contributed by atoms with Crippen LogP contribution in [0.1, 0.15) is 139 Å². The molecule has 2 heterocycles. The van der Waals surface area contributed by atoms with E-state index < -0.39 is 40.8 Å². The van der Waals surface area contributed by atoms with Gasteiger partial charge in [-0.15, -0.1) is 5.10 Å². The molecule has 1 amide bonds. The van der Waals surface area contributed by atoms with Crippen LogP contribution in [-0.4, -0.2) is 32.6 Å². The molecular formula is C33H48F3N4O4+. The first-order valence-electron chi connectivity index (χ1n) is 15.7. The molecule has 0 aromatic carbocycles. The molecule has 44 heavy (non-hydrogen) atoms. The second-order valence-electron chi connectivity index (χ2n) is 12.3. The molecule has 2 aromatic heterocycles. The minimum Gasteiger partial charge on any atom is -0.481 e. The van der Waals surface area contributed by atoms with E-state index in [1.807, 2.05) is 0 Å². The molecule has 1 unspecified atom stereocenters. The summed E-state index contributed by atoms with van der Waals surface area (Å²) in [5.41, 5.74) is -2.94. The highest BCUT2D eigenvalue weighted by Gasteiger charge is 2.34. The number of nitrogens with one attached hydrogen (secondary N) is 2. The first kappa shape index (κ1) is 36.7. The standard InChI is InChI=1S/C33H47F3N4O4/c1-5-6-7-8-9-10-11-12-13-14-15-16-17-18-19-25(31(43)44)26-23-40(24-20-21-27(37-22-24)33(34,35)36)39-30(42)28(26)29(41)38-32(2,3)4/h12-13,20-23,25H,5-11,14-19H2,1-4H3,(H2-,38,39,41,42,43,44)/p+1/b13-12-. The lowest BCUT2D eigenvalue weighted by molar-refractivity contribution is -0.662. The molecule has 3 N–H and O–H groups in total. The number of carboxylic acid groups (broad SMARTS) is 1. The summed E-state index contributed by atoms with van der Waals surface area (Å²) in [5, 5.41) is 15.3. The maximum atomic E-state index is 13.2. The number of carbonyl (C=O) groups is 2. The summed E-state index contributed by atoms with van der Waals surface area (Å²) in [6.45, 7) is 7.40. The molecule has 0 fully saturated rings. The summed E-state index contributed by atoms with van der Waals surface area (Å²) in [6.07, 6.45) is 15.1. The Labute approximate surface area is 258 Å². The normalized spacial score (nSPS) is 12.9. The molecule has 2 rings (SSSR count). The van der Waals surface area contributed by atoms with Gasteiger partial charge in [0, 0.05) is 11.6 Å². The third kappa shape index (κ3) is 12.6. The van der Waals surface area contributed by atoms with Crippen molar-refractivity contribution in [2.24, 2.45) is 0 Å². The van der Waals surface area contributed by atoms with Crippen LogP contribution >= 0.6 is 0 Å². The molecule has 0 aliphatic carbocycles. The Kier molecular flexibility index (Phi) is 14.8. The van der Waals surface area contributed by atoms with Crippen molar-refractivity contribution in [2.75, 3.05) is 0 Å². The fourth-order valence-electron chi connectivity index (χ4n) is 4.92. The molecule has 2 aromatic rings. The van der Waals surface area contributed by atoms with Gasteiger partial charge in [0.05, 0.1) is 11.5 Å². The van der Waals surface area contributed by atoms with Crippen molar-refractivity contribution in [3.05, 3.63) is 63.9 Å². The van der Waals surface area contributed by atoms with Gasteiger partial charge in [-0.3, -0.25) is 14.4 Å². The fourth-order valence-corrected chi connectivity index (χ4v) is 4.92. The van der Waals surface area contributed by atoms with Crippen molar-refractivity contribution >= 4 is 11.9 Å². The molecule has 8 nitrogen and oxygen atoms in total. The average molecular weight is 622 g/mol. The summed E-state index contributed by atoms with van der Waals surface area (Å²) in [4.78, 5) is 42.2. The Hall–Kier alpha value is -3.50. The average Bonchev–Trinajstić information content (AvgIpc) is 2.93. The second-order valence-corrected chi connectivity index (χ2v) is 12.3. The van der Waals surface area contributed by atoms with Crippen LogP contribution in [0.3, 0.4) is 0 Å². The van der Waals surface area contributed by atoms with Gasteiger partial charge in [0.2, 0.25) is 6.20 Å². The molecule has 0 bridgehead atoms. The number of hydrogen-bond donors (Lipinski definition) is 3. The van der Waals surface area contributed by atoms with E-state index in [9.17, 15) is 32.7 Å². The smallest absolute Gasteiger partial charge is 0.433 e. The van der Waals surface area contributed by atoms with Gasteiger partial charge in [0.15, 0.2) is 0 Å². The van der Waals surface area contributed by atoms with Gasteiger partial charge in [-0.05, 0) is 58.9 Å². The molecule has 11 heteroatoms. The van der Waals surface area contributed by atoms with Gasteiger partial charge >= 0.3 is 17.7 Å². The van der Waals surface area contributed by atoms with Crippen molar-refractivity contribution in [2.45, 2.75) is 129 Å². The van der Waals surface area contributed by atoms with E-state index in [1.165, 1.54) is 44.7 Å². The van der Waals surface area contributed by atoms with Crippen LogP contribution in [0.25, 0.3) is 5.69 Å². The highest BCUT2D eigenvalue weighted by atomic mass is 19.4. The van der Waals surface area contributed by atoms with Crippen molar-refractivity contribution in [3.8, 4) is 5.69 Å². The number of allylic oxidation sites excluding steroid dienone is 2. The van der Waals surface area contributed by atoms with Crippen LogP contribution < -0.4 is 15.6 Å². The number of halogens is 3. The highest BCUT2D eigenvalue weighted by Crippen LogP contribution is 2.28. The summed E-state index contributed by atoms with van der Waals surface area (Å²) in [5.74, 6) is -3.11. The number of H-pyrrole nitrogens is 1. The van der Waals surface area contributed by atoms with Crippen molar-refractivity contribution in [1.82, 2.24) is 15.4 Å². The number of rotatable bonds is 18. The van der Waals surface area contributed by atoms with Crippen molar-refractivity contribution < 1.29 is 32.5 Å². The monoisotopic (exact) mass is 621 g/mol. The topological polar surface area (TPSA) is 116 Å². The largest absolute Gasteiger partial charge is 0.481 e. The summed E-state index contributed by atoms with van der Waals surface area (Å²) >= 11 is 0. The number of pyridine rings is 1. The van der Waals surface area contributed by atoms with Crippen molar-refractivity contribution in [3.63, 3.8) is 0 Å². The van der Waals surface area contributed by atoms with Crippen LogP contribution in [0.4, 0.5) is 13.2 Å². The van der Waals surface area contributed by atoms with Gasteiger partial charge in [0.1, 0.15) is 17.5 Å². The molecule has 0 saturated heterocycles. The first-order chi connectivity index (χ1) is 20.7. The van der Waals surface area contributed by atoms with E-state index in [1.54, 1.807) is 20.8 Å². The molecular weight excluding hydrogens is 573 g/mol. The van der Waals surface area contributed by atoms with Crippen LogP contribution in [-0.2, 0) is 11.0 Å². The minimum absolute atomic E-state index is 0.0134. The predicted molar refractivity (Wildman–Crippen MR) is 164 cm³/mol. The number of unbranched alkanes of at least 4 members (excludes halogenated alkanes) is 10. The number of carbonyl (C=O) groups excluding carboxylic acids is 1. The van der Waals surface area contributed by atoms with Gasteiger partial charge in [-0.2, -0.15) is 13.2 Å². The van der Waals surface area contributed by atoms with Crippen LogP contribution in [0, 0.1) is 0 Å². The van der Waals surface area contributed by atoms with Gasteiger partial charge in [-0.1, -0.05) is 75.1 Å². The van der Waals surface area contributed by atoms with E-state index in [0.717, 1.165) is 55.1 Å². The summed E-state index contributed by atoms with van der Waals surface area (Å²) in [7, 11) is 0. The van der Waals surface area contributed by atoms with E-state index in [4.69, 9.17) is 0 Å². The third-order valence-corrected chi connectivity index (χ3v) is 7.22. The van der Waals surface area contributed by atoms with Crippen LogP contribution in [0.2, 0.25) is 0 Å². The number of alkyl halides is 3. The summed E-state index contributed by atoms with van der Waals surface area (Å²) < 4.78 is 40.1. The zero-order valence-corrected chi connectivity index (χ0v) is 26.4. The number of nitrogens with zero attached hydrogens (tertiary/aromatic N) is 2. The van der Waals surface area contributed by atoms with E-state index in [2.05, 4.69) is 34.5 Å². The Morgan fingerprint density at radius 1 is 0.977 bits per heavy atom. The summed E-state index contributed by atoms with van der Waals surface area (Å²) in [6, 6.07) is 1.88. The number of hydrogen-bond acceptors (Lipinski definition) is 4. The molecule has 0 spiro atoms. The number of aromatic nitrogens is 3. The molecule has 244 valence electrons. The number of aromatic amines is 1.